The van der Waals surface area contributed by atoms with Crippen molar-refractivity contribution in [2.45, 2.75) is 12.5 Å². The molecule has 2 aromatic heterocycles. The Morgan fingerprint density at radius 2 is 1.71 bits per heavy atom. The molecule has 0 radical (unpaired) electrons. The number of anilines is 1. The van der Waals surface area contributed by atoms with Crippen LogP contribution in [0.4, 0.5) is 5.69 Å². The summed E-state index contributed by atoms with van der Waals surface area (Å²) in [6.07, 6.45) is 3.07. The van der Waals surface area contributed by atoms with Crippen LogP contribution in [0, 0.1) is 0 Å². The quantitative estimate of drug-likeness (QED) is 0.307. The molecule has 0 saturated heterocycles. The highest BCUT2D eigenvalue weighted by Crippen LogP contribution is 2.37. The molecule has 0 saturated carbocycles. The van der Waals surface area contributed by atoms with Crippen LogP contribution in [0.2, 0.25) is 0 Å². The Morgan fingerprint density at radius 3 is 2.49 bits per heavy atom. The van der Waals surface area contributed by atoms with E-state index in [2.05, 4.69) is 10.3 Å². The fourth-order valence-electron chi connectivity index (χ4n) is 4.54. The molecule has 1 unspecified atom stereocenters. The first-order valence-electron chi connectivity index (χ1n) is 11.2. The predicted molar refractivity (Wildman–Crippen MR) is 136 cm³/mol. The van der Waals surface area contributed by atoms with Crippen molar-refractivity contribution in [1.29, 1.82) is 0 Å². The summed E-state index contributed by atoms with van der Waals surface area (Å²) in [6, 6.07) is 20.7. The standard InChI is InChI=1S/C28H23N3O4/c1-31-22-11-5-4-10-20(22)27(34)26(28(31)35)24(33)15-21(30-18-8-6-14-29-16-18)25-19-9-3-2-7-17(19)12-13-23(25)32/h2-14,16,21,30,32,34H,15H2,1H3. The monoisotopic (exact) mass is 465 g/mol. The second-order valence-electron chi connectivity index (χ2n) is 8.39. The number of Topliss-reactive ketones (excluding diaryl/α,β-unsaturated/α-hetero) is 1. The summed E-state index contributed by atoms with van der Waals surface area (Å²) >= 11 is 0. The van der Waals surface area contributed by atoms with Crippen molar-refractivity contribution in [3.63, 3.8) is 0 Å². The van der Waals surface area contributed by atoms with E-state index < -0.39 is 17.4 Å². The average molecular weight is 466 g/mol. The SMILES string of the molecule is Cn1c(=O)c(C(=O)CC(Nc2cccnc2)c2c(O)ccc3ccccc23)c(O)c2ccccc21. The Kier molecular flexibility index (Phi) is 5.66. The van der Waals surface area contributed by atoms with Gasteiger partial charge in [-0.05, 0) is 41.1 Å². The van der Waals surface area contributed by atoms with Gasteiger partial charge in [-0.2, -0.15) is 0 Å². The van der Waals surface area contributed by atoms with Crippen molar-refractivity contribution in [3.8, 4) is 11.5 Å². The van der Waals surface area contributed by atoms with E-state index in [9.17, 15) is 19.8 Å². The van der Waals surface area contributed by atoms with Crippen molar-refractivity contribution in [2.24, 2.45) is 7.05 Å². The Balaban J connectivity index is 1.64. The molecule has 3 aromatic carbocycles. The van der Waals surface area contributed by atoms with Crippen LogP contribution in [0.15, 0.2) is 90.0 Å². The smallest absolute Gasteiger partial charge is 0.265 e. The number of phenolic OH excluding ortho intramolecular Hbond substituents is 1. The number of aromatic hydroxyl groups is 2. The van der Waals surface area contributed by atoms with Crippen molar-refractivity contribution in [2.75, 3.05) is 5.32 Å². The van der Waals surface area contributed by atoms with Gasteiger partial charge in [-0.15, -0.1) is 0 Å². The highest BCUT2D eigenvalue weighted by atomic mass is 16.3. The summed E-state index contributed by atoms with van der Waals surface area (Å²) in [5, 5.41) is 27.1. The Hall–Kier alpha value is -4.65. The largest absolute Gasteiger partial charge is 0.508 e. The lowest BCUT2D eigenvalue weighted by atomic mass is 9.92. The van der Waals surface area contributed by atoms with Gasteiger partial charge in [0.25, 0.3) is 5.56 Å². The second-order valence-corrected chi connectivity index (χ2v) is 8.39. The number of hydrogen-bond donors (Lipinski definition) is 3. The van der Waals surface area contributed by atoms with Crippen LogP contribution in [-0.2, 0) is 7.05 Å². The van der Waals surface area contributed by atoms with Crippen molar-refractivity contribution >= 4 is 33.1 Å². The minimum atomic E-state index is -0.701. The number of aromatic nitrogens is 2. The second kappa shape index (κ2) is 8.95. The molecule has 174 valence electrons. The van der Waals surface area contributed by atoms with Crippen LogP contribution in [0.5, 0.6) is 11.5 Å². The van der Waals surface area contributed by atoms with E-state index in [0.717, 1.165) is 10.8 Å². The van der Waals surface area contributed by atoms with Crippen molar-refractivity contribution in [1.82, 2.24) is 9.55 Å². The topological polar surface area (TPSA) is 104 Å². The zero-order chi connectivity index (χ0) is 24.5. The molecule has 35 heavy (non-hydrogen) atoms. The van der Waals surface area contributed by atoms with Gasteiger partial charge < -0.3 is 20.1 Å². The van der Waals surface area contributed by atoms with E-state index in [1.54, 1.807) is 61.9 Å². The third-order valence-electron chi connectivity index (χ3n) is 6.24. The number of fused-ring (bicyclic) bond motifs is 2. The third kappa shape index (κ3) is 3.97. The van der Waals surface area contributed by atoms with Crippen LogP contribution in [-0.4, -0.2) is 25.5 Å². The number of phenols is 1. The number of carbonyl (C=O) groups excluding carboxylic acids is 1. The van der Waals surface area contributed by atoms with Gasteiger partial charge in [0.1, 0.15) is 17.1 Å². The van der Waals surface area contributed by atoms with Crippen LogP contribution < -0.4 is 10.9 Å². The van der Waals surface area contributed by atoms with Gasteiger partial charge in [-0.3, -0.25) is 14.6 Å². The van der Waals surface area contributed by atoms with E-state index in [1.807, 2.05) is 30.3 Å². The lowest BCUT2D eigenvalue weighted by molar-refractivity contribution is 0.0972. The van der Waals surface area contributed by atoms with Gasteiger partial charge in [0, 0.05) is 36.8 Å². The number of aryl methyl sites for hydroxylation is 1. The Morgan fingerprint density at radius 1 is 0.971 bits per heavy atom. The fraction of sp³-hybridized carbons (Fsp3) is 0.107. The molecule has 0 aliphatic carbocycles. The molecule has 0 bridgehead atoms. The first-order valence-corrected chi connectivity index (χ1v) is 11.2. The molecule has 0 spiro atoms. The molecule has 7 heteroatoms. The number of para-hydroxylation sites is 1. The molecule has 5 rings (SSSR count). The lowest BCUT2D eigenvalue weighted by Crippen LogP contribution is -2.27. The van der Waals surface area contributed by atoms with E-state index in [4.69, 9.17) is 0 Å². The van der Waals surface area contributed by atoms with E-state index in [0.29, 0.717) is 22.2 Å². The highest BCUT2D eigenvalue weighted by molar-refractivity contribution is 6.04. The van der Waals surface area contributed by atoms with Crippen molar-refractivity contribution < 1.29 is 15.0 Å². The Bertz CT molecular complexity index is 1630. The van der Waals surface area contributed by atoms with Gasteiger partial charge in [0.15, 0.2) is 5.78 Å². The number of carbonyl (C=O) groups is 1. The van der Waals surface area contributed by atoms with E-state index in [-0.39, 0.29) is 23.5 Å². The first kappa shape index (κ1) is 22.2. The maximum atomic E-state index is 13.6. The number of ketones is 1. The summed E-state index contributed by atoms with van der Waals surface area (Å²) in [7, 11) is 1.57. The number of rotatable bonds is 6. The first-order chi connectivity index (χ1) is 17.0. The summed E-state index contributed by atoms with van der Waals surface area (Å²) in [5.41, 5.74) is 0.853. The van der Waals surface area contributed by atoms with E-state index >= 15 is 0 Å². The molecule has 7 nitrogen and oxygen atoms in total. The van der Waals surface area contributed by atoms with Gasteiger partial charge in [-0.25, -0.2) is 0 Å². The molecule has 0 aliphatic heterocycles. The highest BCUT2D eigenvalue weighted by Gasteiger charge is 2.27. The zero-order valence-electron chi connectivity index (χ0n) is 19.0. The molecular formula is C28H23N3O4. The molecule has 0 fully saturated rings. The molecule has 0 aliphatic rings. The number of benzene rings is 3. The normalized spacial score (nSPS) is 12.0. The number of pyridine rings is 2. The number of nitrogens with one attached hydrogen (secondary N) is 1. The summed E-state index contributed by atoms with van der Waals surface area (Å²) in [4.78, 5) is 30.8. The maximum Gasteiger partial charge on any atom is 0.265 e. The number of hydrogen-bond acceptors (Lipinski definition) is 6. The maximum absolute atomic E-state index is 13.6. The zero-order valence-corrected chi connectivity index (χ0v) is 19.0. The minimum absolute atomic E-state index is 0.0218. The van der Waals surface area contributed by atoms with Gasteiger partial charge in [0.2, 0.25) is 0 Å². The fourth-order valence-corrected chi connectivity index (χ4v) is 4.54. The molecular weight excluding hydrogens is 442 g/mol. The summed E-state index contributed by atoms with van der Waals surface area (Å²) in [6.45, 7) is 0. The molecule has 2 heterocycles. The predicted octanol–water partition coefficient (Wildman–Crippen LogP) is 4.92. The van der Waals surface area contributed by atoms with Crippen LogP contribution >= 0.6 is 0 Å². The minimum Gasteiger partial charge on any atom is -0.508 e. The van der Waals surface area contributed by atoms with Gasteiger partial charge >= 0.3 is 0 Å². The van der Waals surface area contributed by atoms with Crippen LogP contribution in [0.3, 0.4) is 0 Å². The molecule has 1 atom stereocenters. The summed E-state index contributed by atoms with van der Waals surface area (Å²) < 4.78 is 1.36. The van der Waals surface area contributed by atoms with Gasteiger partial charge in [-0.1, -0.05) is 42.5 Å². The van der Waals surface area contributed by atoms with Gasteiger partial charge in [0.05, 0.1) is 17.2 Å². The molecule has 5 aromatic rings. The van der Waals surface area contributed by atoms with E-state index in [1.165, 1.54) is 4.57 Å². The number of nitrogens with zero attached hydrogens (tertiary/aromatic N) is 2. The van der Waals surface area contributed by atoms with Crippen molar-refractivity contribution in [3.05, 3.63) is 107 Å². The lowest BCUT2D eigenvalue weighted by Gasteiger charge is -2.23. The van der Waals surface area contributed by atoms with Crippen LogP contribution in [0.25, 0.3) is 21.7 Å². The molecule has 3 N–H and O–H groups in total. The Labute approximate surface area is 200 Å². The third-order valence-corrected chi connectivity index (χ3v) is 6.24. The molecule has 0 amide bonds. The average Bonchev–Trinajstić information content (AvgIpc) is 2.88. The van der Waals surface area contributed by atoms with Crippen LogP contribution in [0.1, 0.15) is 28.4 Å². The summed E-state index contributed by atoms with van der Waals surface area (Å²) in [5.74, 6) is -0.855.